The molecular formula is C13H14N2OS. The summed E-state index contributed by atoms with van der Waals surface area (Å²) in [6.45, 7) is 7.87. The van der Waals surface area contributed by atoms with Crippen molar-refractivity contribution in [3.63, 3.8) is 0 Å². The molecule has 2 N–H and O–H groups in total. The molecule has 0 bridgehead atoms. The SMILES string of the molecule is Cc1oc(C)c(-c2sc(C#N)c(N)c2C)c1C. The smallest absolute Gasteiger partial charge is 0.128 e. The van der Waals surface area contributed by atoms with E-state index in [1.807, 2.05) is 27.7 Å². The predicted octanol–water partition coefficient (Wildman–Crippen LogP) is 3.70. The van der Waals surface area contributed by atoms with Gasteiger partial charge in [0.2, 0.25) is 0 Å². The molecule has 0 aliphatic carbocycles. The summed E-state index contributed by atoms with van der Waals surface area (Å²) in [5.74, 6) is 1.80. The van der Waals surface area contributed by atoms with E-state index >= 15 is 0 Å². The minimum Gasteiger partial charge on any atom is -0.466 e. The molecule has 4 heteroatoms. The lowest BCUT2D eigenvalue weighted by atomic mass is 10.1. The van der Waals surface area contributed by atoms with Crippen molar-refractivity contribution < 1.29 is 4.42 Å². The van der Waals surface area contributed by atoms with Crippen molar-refractivity contribution in [3.8, 4) is 16.5 Å². The third-order valence-electron chi connectivity index (χ3n) is 3.08. The van der Waals surface area contributed by atoms with Gasteiger partial charge in [0.05, 0.1) is 5.69 Å². The second-order valence-corrected chi connectivity index (χ2v) is 5.15. The largest absolute Gasteiger partial charge is 0.466 e. The molecule has 0 radical (unpaired) electrons. The second kappa shape index (κ2) is 3.94. The average Bonchev–Trinajstić information content (AvgIpc) is 2.69. The number of aryl methyl sites for hydroxylation is 2. The monoisotopic (exact) mass is 246 g/mol. The molecule has 0 aliphatic heterocycles. The van der Waals surface area contributed by atoms with E-state index in [0.29, 0.717) is 10.6 Å². The van der Waals surface area contributed by atoms with Crippen LogP contribution >= 0.6 is 11.3 Å². The summed E-state index contributed by atoms with van der Waals surface area (Å²) in [5, 5.41) is 9.00. The van der Waals surface area contributed by atoms with Crippen LogP contribution in [0.5, 0.6) is 0 Å². The highest BCUT2D eigenvalue weighted by atomic mass is 32.1. The first-order chi connectivity index (χ1) is 7.97. The maximum absolute atomic E-state index is 9.00. The van der Waals surface area contributed by atoms with Crippen LogP contribution in [0.15, 0.2) is 4.42 Å². The summed E-state index contributed by atoms with van der Waals surface area (Å²) < 4.78 is 5.62. The van der Waals surface area contributed by atoms with E-state index in [-0.39, 0.29) is 0 Å². The fourth-order valence-electron chi connectivity index (χ4n) is 1.98. The molecule has 0 amide bonds. The highest BCUT2D eigenvalue weighted by Crippen LogP contribution is 2.42. The molecular weight excluding hydrogens is 232 g/mol. The maximum atomic E-state index is 9.00. The van der Waals surface area contributed by atoms with Gasteiger partial charge in [0.1, 0.15) is 22.5 Å². The van der Waals surface area contributed by atoms with Gasteiger partial charge < -0.3 is 10.2 Å². The molecule has 0 spiro atoms. The predicted molar refractivity (Wildman–Crippen MR) is 70.1 cm³/mol. The van der Waals surface area contributed by atoms with E-state index in [0.717, 1.165) is 33.1 Å². The molecule has 88 valence electrons. The van der Waals surface area contributed by atoms with Gasteiger partial charge in [0.25, 0.3) is 0 Å². The van der Waals surface area contributed by atoms with Gasteiger partial charge in [-0.1, -0.05) is 0 Å². The van der Waals surface area contributed by atoms with Crippen LogP contribution in [0.25, 0.3) is 10.4 Å². The average molecular weight is 246 g/mol. The van der Waals surface area contributed by atoms with Crippen LogP contribution in [0, 0.1) is 39.0 Å². The van der Waals surface area contributed by atoms with Crippen molar-refractivity contribution in [1.82, 2.24) is 0 Å². The van der Waals surface area contributed by atoms with Gasteiger partial charge in [-0.05, 0) is 38.8 Å². The molecule has 2 aromatic heterocycles. The Hall–Kier alpha value is -1.73. The van der Waals surface area contributed by atoms with Gasteiger partial charge in [-0.25, -0.2) is 0 Å². The Morgan fingerprint density at radius 2 is 1.76 bits per heavy atom. The number of thiophene rings is 1. The van der Waals surface area contributed by atoms with Crippen molar-refractivity contribution in [3.05, 3.63) is 27.5 Å². The van der Waals surface area contributed by atoms with Crippen LogP contribution in [0.1, 0.15) is 27.5 Å². The number of rotatable bonds is 1. The molecule has 0 atom stereocenters. The number of hydrogen-bond acceptors (Lipinski definition) is 4. The van der Waals surface area contributed by atoms with E-state index in [4.69, 9.17) is 15.4 Å². The summed E-state index contributed by atoms with van der Waals surface area (Å²) in [6, 6.07) is 2.13. The molecule has 0 fully saturated rings. The van der Waals surface area contributed by atoms with E-state index in [1.165, 1.54) is 11.3 Å². The summed E-state index contributed by atoms with van der Waals surface area (Å²) in [5.41, 5.74) is 9.68. The molecule has 17 heavy (non-hydrogen) atoms. The van der Waals surface area contributed by atoms with Gasteiger partial charge in [-0.2, -0.15) is 5.26 Å². The number of furan rings is 1. The maximum Gasteiger partial charge on any atom is 0.128 e. The Bertz CT molecular complexity index is 629. The molecule has 0 unspecified atom stereocenters. The lowest BCUT2D eigenvalue weighted by molar-refractivity contribution is 0.503. The van der Waals surface area contributed by atoms with Gasteiger partial charge in [-0.3, -0.25) is 0 Å². The molecule has 0 saturated carbocycles. The van der Waals surface area contributed by atoms with Crippen molar-refractivity contribution >= 4 is 17.0 Å². The molecule has 0 aliphatic rings. The number of nitrogens with two attached hydrogens (primary N) is 1. The molecule has 0 saturated heterocycles. The van der Waals surface area contributed by atoms with E-state index in [1.54, 1.807) is 0 Å². The van der Waals surface area contributed by atoms with Gasteiger partial charge in [0.15, 0.2) is 0 Å². The minimum atomic E-state index is 0.579. The highest BCUT2D eigenvalue weighted by Gasteiger charge is 2.20. The summed E-state index contributed by atoms with van der Waals surface area (Å²) >= 11 is 1.43. The summed E-state index contributed by atoms with van der Waals surface area (Å²) in [4.78, 5) is 1.63. The standard InChI is InChI=1S/C13H14N2OS/c1-6-8(3)16-9(4)11(6)13-7(2)12(15)10(5-14)17-13/h15H2,1-4H3. The van der Waals surface area contributed by atoms with Crippen LogP contribution in [-0.4, -0.2) is 0 Å². The first-order valence-corrected chi connectivity index (χ1v) is 6.15. The van der Waals surface area contributed by atoms with Crippen molar-refractivity contribution in [2.24, 2.45) is 0 Å². The molecule has 3 nitrogen and oxygen atoms in total. The quantitative estimate of drug-likeness (QED) is 0.834. The Morgan fingerprint density at radius 1 is 1.12 bits per heavy atom. The minimum absolute atomic E-state index is 0.579. The number of hydrogen-bond donors (Lipinski definition) is 1. The first-order valence-electron chi connectivity index (χ1n) is 5.33. The lowest BCUT2D eigenvalue weighted by Gasteiger charge is -1.99. The normalized spacial score (nSPS) is 10.5. The fourth-order valence-corrected chi connectivity index (χ4v) is 3.15. The first kappa shape index (κ1) is 11.7. The third kappa shape index (κ3) is 1.63. The van der Waals surface area contributed by atoms with E-state index in [9.17, 15) is 0 Å². The topological polar surface area (TPSA) is 63.0 Å². The van der Waals surface area contributed by atoms with Crippen LogP contribution in [0.2, 0.25) is 0 Å². The summed E-state index contributed by atoms with van der Waals surface area (Å²) in [7, 11) is 0. The second-order valence-electron chi connectivity index (χ2n) is 4.13. The van der Waals surface area contributed by atoms with E-state index < -0.39 is 0 Å². The Labute approximate surface area is 104 Å². The number of nitrogen functional groups attached to an aromatic ring is 1. The number of nitriles is 1. The van der Waals surface area contributed by atoms with E-state index in [2.05, 4.69) is 6.07 Å². The van der Waals surface area contributed by atoms with Crippen LogP contribution in [0.3, 0.4) is 0 Å². The van der Waals surface area contributed by atoms with Crippen molar-refractivity contribution in [2.75, 3.05) is 5.73 Å². The van der Waals surface area contributed by atoms with Gasteiger partial charge in [-0.15, -0.1) is 11.3 Å². The van der Waals surface area contributed by atoms with Crippen molar-refractivity contribution in [2.45, 2.75) is 27.7 Å². The fraction of sp³-hybridized carbons (Fsp3) is 0.308. The Balaban J connectivity index is 2.74. The Kier molecular flexibility index (Phi) is 2.72. The van der Waals surface area contributed by atoms with Gasteiger partial charge in [0, 0.05) is 10.4 Å². The van der Waals surface area contributed by atoms with Crippen LogP contribution in [0.4, 0.5) is 5.69 Å². The zero-order valence-electron chi connectivity index (χ0n) is 10.3. The van der Waals surface area contributed by atoms with Crippen LogP contribution in [-0.2, 0) is 0 Å². The lowest BCUT2D eigenvalue weighted by Crippen LogP contribution is -1.88. The zero-order chi connectivity index (χ0) is 12.7. The third-order valence-corrected chi connectivity index (χ3v) is 4.31. The van der Waals surface area contributed by atoms with Crippen molar-refractivity contribution in [1.29, 1.82) is 5.26 Å². The molecule has 2 aromatic rings. The summed E-state index contributed by atoms with van der Waals surface area (Å²) in [6.07, 6.45) is 0. The molecule has 2 rings (SSSR count). The number of nitrogens with zero attached hydrogens (tertiary/aromatic N) is 1. The molecule has 2 heterocycles. The highest BCUT2D eigenvalue weighted by molar-refractivity contribution is 7.16. The van der Waals surface area contributed by atoms with Crippen LogP contribution < -0.4 is 5.73 Å². The zero-order valence-corrected chi connectivity index (χ0v) is 11.2. The Morgan fingerprint density at radius 3 is 2.18 bits per heavy atom. The van der Waals surface area contributed by atoms with Gasteiger partial charge >= 0.3 is 0 Å². The number of anilines is 1. The molecule has 0 aromatic carbocycles.